The monoisotopic (exact) mass is 837 g/mol. The van der Waals surface area contributed by atoms with E-state index in [4.69, 9.17) is 19.6 Å². The summed E-state index contributed by atoms with van der Waals surface area (Å²) in [6.45, 7) is 1.99. The van der Waals surface area contributed by atoms with Crippen LogP contribution < -0.4 is 20.1 Å². The molecule has 316 valence electrons. The Morgan fingerprint density at radius 2 is 1.70 bits per heavy atom. The topological polar surface area (TPSA) is 190 Å². The fourth-order valence-electron chi connectivity index (χ4n) is 8.91. The molecule has 4 amide bonds. The van der Waals surface area contributed by atoms with Crippen LogP contribution in [0, 0.1) is 12.8 Å². The zero-order chi connectivity index (χ0) is 41.6. The number of allylic oxidation sites excluding steroid dienone is 1. The second-order valence-electron chi connectivity index (χ2n) is 17.1. The number of carbonyl (C=O) groups excluding carboxylic acids is 4. The van der Waals surface area contributed by atoms with Crippen LogP contribution in [0.1, 0.15) is 89.0 Å². The van der Waals surface area contributed by atoms with Gasteiger partial charge in [0, 0.05) is 29.4 Å². The molecule has 16 heteroatoms. The minimum Gasteiger partial charge on any atom is -0.472 e. The quantitative estimate of drug-likeness (QED) is 0.198. The number of hydrogen-bond donors (Lipinski definition) is 3. The van der Waals surface area contributed by atoms with E-state index in [1.807, 2.05) is 67.6 Å². The molecule has 5 aliphatic rings. The molecule has 9 rings (SSSR count). The summed E-state index contributed by atoms with van der Waals surface area (Å²) in [6.07, 6.45) is 10.1. The molecular formula is C44H51N7O8S. The number of nitrogens with one attached hydrogen (secondary N) is 3. The summed E-state index contributed by atoms with van der Waals surface area (Å²) in [5, 5.41) is 10.8. The molecule has 3 aliphatic carbocycles. The van der Waals surface area contributed by atoms with Crippen molar-refractivity contribution in [3.05, 3.63) is 72.3 Å². The van der Waals surface area contributed by atoms with Gasteiger partial charge in [0.05, 0.1) is 23.0 Å². The average Bonchev–Trinajstić information content (AvgIpc) is 4.04. The van der Waals surface area contributed by atoms with E-state index in [2.05, 4.69) is 15.4 Å². The van der Waals surface area contributed by atoms with Crippen molar-refractivity contribution in [2.45, 2.75) is 125 Å². The van der Waals surface area contributed by atoms with Gasteiger partial charge in [-0.1, -0.05) is 67.0 Å². The predicted octanol–water partition coefficient (Wildman–Crippen LogP) is 5.25. The van der Waals surface area contributed by atoms with Gasteiger partial charge in [-0.3, -0.25) is 19.1 Å². The van der Waals surface area contributed by atoms with Crippen LogP contribution in [-0.2, 0) is 29.1 Å². The van der Waals surface area contributed by atoms with Crippen LogP contribution in [0.15, 0.2) is 66.7 Å². The first-order valence-corrected chi connectivity index (χ1v) is 22.9. The number of sulfonamides is 1. The third-order valence-corrected chi connectivity index (χ3v) is 14.4. The van der Waals surface area contributed by atoms with Crippen LogP contribution in [0.5, 0.6) is 5.88 Å². The van der Waals surface area contributed by atoms with Crippen molar-refractivity contribution in [1.29, 1.82) is 0 Å². The van der Waals surface area contributed by atoms with Crippen LogP contribution in [0.2, 0.25) is 0 Å². The predicted molar refractivity (Wildman–Crippen MR) is 222 cm³/mol. The van der Waals surface area contributed by atoms with Gasteiger partial charge < -0.3 is 25.0 Å². The molecule has 4 fully saturated rings. The molecule has 4 aromatic rings. The first-order valence-electron chi connectivity index (χ1n) is 21.3. The number of nitrogens with zero attached hydrogens (tertiary/aromatic N) is 4. The maximum Gasteiger partial charge on any atom is 0.408 e. The summed E-state index contributed by atoms with van der Waals surface area (Å²) in [5.74, 6) is -1.94. The molecular weight excluding hydrogens is 787 g/mol. The Morgan fingerprint density at radius 1 is 0.933 bits per heavy atom. The van der Waals surface area contributed by atoms with Crippen molar-refractivity contribution in [2.24, 2.45) is 5.92 Å². The highest BCUT2D eigenvalue weighted by Gasteiger charge is 2.62. The largest absolute Gasteiger partial charge is 0.472 e. The molecule has 3 N–H and O–H groups in total. The Kier molecular flexibility index (Phi) is 10.8. The van der Waals surface area contributed by atoms with E-state index in [1.54, 1.807) is 10.6 Å². The molecule has 3 saturated carbocycles. The van der Waals surface area contributed by atoms with Crippen molar-refractivity contribution >= 4 is 50.4 Å². The van der Waals surface area contributed by atoms with Crippen LogP contribution in [0.4, 0.5) is 4.79 Å². The van der Waals surface area contributed by atoms with Crippen molar-refractivity contribution in [1.82, 2.24) is 34.9 Å². The average molecular weight is 838 g/mol. The number of carbonyl (C=O) groups is 4. The summed E-state index contributed by atoms with van der Waals surface area (Å²) < 4.78 is 42.3. The minimum absolute atomic E-state index is 0.0180. The van der Waals surface area contributed by atoms with Gasteiger partial charge in [-0.15, -0.1) is 0 Å². The highest BCUT2D eigenvalue weighted by atomic mass is 32.2. The number of benzene rings is 2. The van der Waals surface area contributed by atoms with Gasteiger partial charge in [-0.2, -0.15) is 9.61 Å². The second kappa shape index (κ2) is 16.2. The zero-order valence-electron chi connectivity index (χ0n) is 33.7. The number of fused-ring (bicyclic) bond motifs is 5. The summed E-state index contributed by atoms with van der Waals surface area (Å²) >= 11 is 0. The zero-order valence-corrected chi connectivity index (χ0v) is 34.5. The van der Waals surface area contributed by atoms with Gasteiger partial charge >= 0.3 is 6.09 Å². The van der Waals surface area contributed by atoms with Crippen LogP contribution in [0.25, 0.3) is 27.8 Å². The minimum atomic E-state index is -3.91. The Morgan fingerprint density at radius 3 is 2.48 bits per heavy atom. The summed E-state index contributed by atoms with van der Waals surface area (Å²) in [7, 11) is -3.91. The SMILES string of the molecule is Cc1ccc(-c2cc(O[C@@H]3C[C@H]4C(=O)N[C@]5(C(=O)NS(=O)(=O)C6CC6)C[C@@H]5/C=C\CCCCC[C@H](NC(=O)OC5CCCC5)C(=O)N4C3)n3nc4ccccc4c3n2)cc1. The van der Waals surface area contributed by atoms with Crippen molar-refractivity contribution in [3.8, 4) is 17.1 Å². The maximum atomic E-state index is 14.8. The first-order chi connectivity index (χ1) is 29.0. The van der Waals surface area contributed by atoms with Gasteiger partial charge in [0.1, 0.15) is 29.8 Å². The molecule has 4 heterocycles. The third kappa shape index (κ3) is 8.17. The van der Waals surface area contributed by atoms with Gasteiger partial charge in [-0.05, 0) is 83.3 Å². The summed E-state index contributed by atoms with van der Waals surface area (Å²) in [6, 6.07) is 15.3. The highest BCUT2D eigenvalue weighted by molar-refractivity contribution is 7.91. The lowest BCUT2D eigenvalue weighted by atomic mass is 10.0. The van der Waals surface area contributed by atoms with Gasteiger partial charge in [-0.25, -0.2) is 18.2 Å². The fourth-order valence-corrected chi connectivity index (χ4v) is 10.3. The molecule has 0 unspecified atom stereocenters. The van der Waals surface area contributed by atoms with Crippen LogP contribution in [-0.4, -0.2) is 93.4 Å². The number of aromatic nitrogens is 3. The third-order valence-electron chi connectivity index (χ3n) is 12.6. The fraction of sp³-hybridized carbons (Fsp3) is 0.500. The lowest BCUT2D eigenvalue weighted by Gasteiger charge is -2.30. The number of amides is 4. The number of aryl methyl sites for hydroxylation is 1. The van der Waals surface area contributed by atoms with Crippen LogP contribution >= 0.6 is 0 Å². The molecule has 0 radical (unpaired) electrons. The first kappa shape index (κ1) is 39.9. The molecule has 0 spiro atoms. The van der Waals surface area contributed by atoms with E-state index in [0.29, 0.717) is 54.8 Å². The standard InChI is InChI=1S/C44H51N7O8S/c1-27-17-19-28(20-18-27)36-24-38(51-39(45-36)33-14-9-10-15-34(33)48-51)58-31-23-37-40(52)47-44(42(54)49-60(56,57)32-21-22-32)25-29(44)11-5-3-2-4-6-16-35(41(53)50(37)26-31)46-43(55)59-30-12-7-8-13-30/h5,9-11,14-15,17-20,24,29-32,35,37H,2-4,6-8,12-13,16,21-23,25-26H2,1H3,(H,46,55)(H,47,52)(H,49,54)/b11-5-/t29-,31+,35-,37-,44+/m0/s1. The van der Waals surface area contributed by atoms with E-state index in [1.165, 1.54) is 4.90 Å². The van der Waals surface area contributed by atoms with Crippen molar-refractivity contribution in [3.63, 3.8) is 0 Å². The lowest BCUT2D eigenvalue weighted by molar-refractivity contribution is -0.141. The molecule has 15 nitrogen and oxygen atoms in total. The Labute approximate surface area is 348 Å². The van der Waals surface area contributed by atoms with Gasteiger partial charge in [0.25, 0.3) is 5.91 Å². The number of alkyl carbamates (subject to hydrolysis) is 1. The van der Waals surface area contributed by atoms with Crippen LogP contribution in [0.3, 0.4) is 0 Å². The van der Waals surface area contributed by atoms with Gasteiger partial charge in [0.15, 0.2) is 5.65 Å². The number of rotatable bonds is 8. The Bertz CT molecular complexity index is 2460. The van der Waals surface area contributed by atoms with E-state index in [-0.39, 0.29) is 25.5 Å². The molecule has 2 aliphatic heterocycles. The maximum absolute atomic E-state index is 14.8. The van der Waals surface area contributed by atoms with Crippen molar-refractivity contribution in [2.75, 3.05) is 6.54 Å². The smallest absolute Gasteiger partial charge is 0.408 e. The molecule has 5 atom stereocenters. The van der Waals surface area contributed by atoms with Crippen molar-refractivity contribution < 1.29 is 37.1 Å². The van der Waals surface area contributed by atoms with E-state index < -0.39 is 68.7 Å². The molecule has 2 aromatic carbocycles. The van der Waals surface area contributed by atoms with E-state index in [9.17, 15) is 27.6 Å². The molecule has 0 bridgehead atoms. The Balaban J connectivity index is 1.05. The second-order valence-corrected chi connectivity index (χ2v) is 19.1. The van der Waals surface area contributed by atoms with Gasteiger partial charge in [0.2, 0.25) is 27.7 Å². The summed E-state index contributed by atoms with van der Waals surface area (Å²) in [5.41, 5.74) is 2.39. The molecule has 2 aromatic heterocycles. The van der Waals surface area contributed by atoms with E-state index >= 15 is 0 Å². The highest BCUT2D eigenvalue weighted by Crippen LogP contribution is 2.46. The van der Waals surface area contributed by atoms with E-state index in [0.717, 1.165) is 55.0 Å². The number of hydrogen-bond acceptors (Lipinski definition) is 10. The summed E-state index contributed by atoms with van der Waals surface area (Å²) in [4.78, 5) is 63.0. The number of ether oxygens (including phenoxy) is 2. The molecule has 1 saturated heterocycles. The normalized spacial score (nSPS) is 27.0. The Hall–Kier alpha value is -5.51. The lowest BCUT2D eigenvalue weighted by Crippen LogP contribution is -2.58. The molecule has 60 heavy (non-hydrogen) atoms.